The summed E-state index contributed by atoms with van der Waals surface area (Å²) in [6, 6.07) is 10.1. The van der Waals surface area contributed by atoms with E-state index in [1.807, 2.05) is 30.5 Å². The average molecular weight is 242 g/mol. The van der Waals surface area contributed by atoms with Crippen molar-refractivity contribution in [2.45, 2.75) is 12.8 Å². The van der Waals surface area contributed by atoms with Crippen molar-refractivity contribution < 1.29 is 4.74 Å². The SMILES string of the molecule is c1cc(OCC2CCNCC2)c2cccnc2c1. The molecule has 1 aromatic heterocycles. The van der Waals surface area contributed by atoms with Gasteiger partial charge in [-0.15, -0.1) is 0 Å². The summed E-state index contributed by atoms with van der Waals surface area (Å²) in [6.45, 7) is 3.05. The van der Waals surface area contributed by atoms with Crippen LogP contribution in [0.25, 0.3) is 10.9 Å². The maximum atomic E-state index is 5.99. The third kappa shape index (κ3) is 2.46. The molecule has 1 aliphatic rings. The standard InChI is InChI=1S/C15H18N2O/c1-4-14-13(3-2-8-17-14)15(5-1)18-11-12-6-9-16-10-7-12/h1-5,8,12,16H,6-7,9-11H2. The van der Waals surface area contributed by atoms with Gasteiger partial charge in [0.05, 0.1) is 12.1 Å². The van der Waals surface area contributed by atoms with Gasteiger partial charge in [0.25, 0.3) is 0 Å². The molecule has 0 unspecified atom stereocenters. The molecule has 1 saturated heterocycles. The second-order valence-electron chi connectivity index (χ2n) is 4.83. The van der Waals surface area contributed by atoms with Crippen molar-refractivity contribution in [3.05, 3.63) is 36.5 Å². The first kappa shape index (κ1) is 11.5. The lowest BCUT2D eigenvalue weighted by Gasteiger charge is -2.22. The molecule has 1 N–H and O–H groups in total. The Morgan fingerprint density at radius 3 is 2.94 bits per heavy atom. The van der Waals surface area contributed by atoms with Crippen molar-refractivity contribution in [2.24, 2.45) is 5.92 Å². The molecule has 0 bridgehead atoms. The van der Waals surface area contributed by atoms with Crippen molar-refractivity contribution in [3.8, 4) is 5.75 Å². The molecule has 1 fully saturated rings. The molecule has 0 amide bonds. The highest BCUT2D eigenvalue weighted by Crippen LogP contribution is 2.25. The molecule has 0 atom stereocenters. The Kier molecular flexibility index (Phi) is 3.42. The van der Waals surface area contributed by atoms with Gasteiger partial charge in [-0.25, -0.2) is 0 Å². The lowest BCUT2D eigenvalue weighted by molar-refractivity contribution is 0.217. The minimum atomic E-state index is 0.679. The molecule has 3 nitrogen and oxygen atoms in total. The summed E-state index contributed by atoms with van der Waals surface area (Å²) < 4.78 is 5.99. The van der Waals surface area contributed by atoms with E-state index in [1.54, 1.807) is 0 Å². The predicted octanol–water partition coefficient (Wildman–Crippen LogP) is 2.61. The van der Waals surface area contributed by atoms with Gasteiger partial charge in [-0.05, 0) is 56.1 Å². The molecule has 3 heteroatoms. The summed E-state index contributed by atoms with van der Waals surface area (Å²) >= 11 is 0. The Labute approximate surface area is 107 Å². The van der Waals surface area contributed by atoms with Crippen LogP contribution in [0.2, 0.25) is 0 Å². The summed E-state index contributed by atoms with van der Waals surface area (Å²) in [6.07, 6.45) is 4.24. The smallest absolute Gasteiger partial charge is 0.128 e. The van der Waals surface area contributed by atoms with Gasteiger partial charge in [0.15, 0.2) is 0 Å². The van der Waals surface area contributed by atoms with Crippen LogP contribution in [0.4, 0.5) is 0 Å². The second-order valence-corrected chi connectivity index (χ2v) is 4.83. The van der Waals surface area contributed by atoms with Crippen LogP contribution in [0.1, 0.15) is 12.8 Å². The van der Waals surface area contributed by atoms with E-state index in [2.05, 4.69) is 16.4 Å². The normalized spacial score (nSPS) is 16.9. The first-order valence-electron chi connectivity index (χ1n) is 6.61. The van der Waals surface area contributed by atoms with Crippen molar-refractivity contribution in [1.29, 1.82) is 0 Å². The Morgan fingerprint density at radius 1 is 1.17 bits per heavy atom. The highest BCUT2D eigenvalue weighted by atomic mass is 16.5. The number of nitrogens with one attached hydrogen (secondary N) is 1. The van der Waals surface area contributed by atoms with Gasteiger partial charge < -0.3 is 10.1 Å². The number of nitrogens with zero attached hydrogens (tertiary/aromatic N) is 1. The van der Waals surface area contributed by atoms with E-state index in [4.69, 9.17) is 4.74 Å². The molecule has 0 saturated carbocycles. The minimum absolute atomic E-state index is 0.679. The molecular weight excluding hydrogens is 224 g/mol. The number of rotatable bonds is 3. The van der Waals surface area contributed by atoms with E-state index >= 15 is 0 Å². The van der Waals surface area contributed by atoms with Crippen molar-refractivity contribution in [3.63, 3.8) is 0 Å². The molecule has 94 valence electrons. The highest BCUT2D eigenvalue weighted by molar-refractivity contribution is 5.84. The zero-order valence-corrected chi connectivity index (χ0v) is 10.4. The van der Waals surface area contributed by atoms with Crippen molar-refractivity contribution in [2.75, 3.05) is 19.7 Å². The van der Waals surface area contributed by atoms with E-state index in [0.717, 1.165) is 36.3 Å². The first-order valence-corrected chi connectivity index (χ1v) is 6.61. The lowest BCUT2D eigenvalue weighted by atomic mass is 9.99. The predicted molar refractivity (Wildman–Crippen MR) is 72.8 cm³/mol. The molecule has 0 radical (unpaired) electrons. The Morgan fingerprint density at radius 2 is 2.06 bits per heavy atom. The molecule has 3 rings (SSSR count). The van der Waals surface area contributed by atoms with Gasteiger partial charge in [-0.3, -0.25) is 4.98 Å². The molecule has 1 aromatic carbocycles. The quantitative estimate of drug-likeness (QED) is 0.898. The van der Waals surface area contributed by atoms with Gasteiger partial charge in [0.1, 0.15) is 5.75 Å². The third-order valence-electron chi connectivity index (χ3n) is 3.54. The largest absolute Gasteiger partial charge is 0.493 e. The van der Waals surface area contributed by atoms with E-state index in [1.165, 1.54) is 12.8 Å². The van der Waals surface area contributed by atoms with Crippen LogP contribution < -0.4 is 10.1 Å². The maximum Gasteiger partial charge on any atom is 0.128 e. The van der Waals surface area contributed by atoms with Crippen molar-refractivity contribution >= 4 is 10.9 Å². The van der Waals surface area contributed by atoms with Gasteiger partial charge in [-0.1, -0.05) is 6.07 Å². The topological polar surface area (TPSA) is 34.1 Å². The summed E-state index contributed by atoms with van der Waals surface area (Å²) in [5.41, 5.74) is 1.00. The van der Waals surface area contributed by atoms with Crippen molar-refractivity contribution in [1.82, 2.24) is 10.3 Å². The number of aromatic nitrogens is 1. The first-order chi connectivity index (χ1) is 8.93. The average Bonchev–Trinajstić information content (AvgIpc) is 2.46. The second kappa shape index (κ2) is 5.36. The van der Waals surface area contributed by atoms with Gasteiger partial charge in [-0.2, -0.15) is 0 Å². The summed E-state index contributed by atoms with van der Waals surface area (Å²) in [5.74, 6) is 1.64. The summed E-state index contributed by atoms with van der Waals surface area (Å²) in [7, 11) is 0. The van der Waals surface area contributed by atoms with E-state index in [0.29, 0.717) is 5.92 Å². The van der Waals surface area contributed by atoms with E-state index < -0.39 is 0 Å². The van der Waals surface area contributed by atoms with E-state index in [9.17, 15) is 0 Å². The van der Waals surface area contributed by atoms with Gasteiger partial charge >= 0.3 is 0 Å². The van der Waals surface area contributed by atoms with Crippen LogP contribution in [-0.2, 0) is 0 Å². The Balaban J connectivity index is 1.74. The molecule has 1 aliphatic heterocycles. The number of piperidine rings is 1. The summed E-state index contributed by atoms with van der Waals surface area (Å²) in [5, 5.41) is 4.48. The van der Waals surface area contributed by atoms with Crippen LogP contribution in [0.5, 0.6) is 5.75 Å². The third-order valence-corrected chi connectivity index (χ3v) is 3.54. The summed E-state index contributed by atoms with van der Waals surface area (Å²) in [4.78, 5) is 4.35. The monoisotopic (exact) mass is 242 g/mol. The molecule has 0 spiro atoms. The van der Waals surface area contributed by atoms with Crippen LogP contribution in [0.3, 0.4) is 0 Å². The van der Waals surface area contributed by atoms with Crippen LogP contribution in [0.15, 0.2) is 36.5 Å². The molecule has 2 heterocycles. The molecule has 2 aromatic rings. The Hall–Kier alpha value is -1.61. The van der Waals surface area contributed by atoms with Crippen LogP contribution >= 0.6 is 0 Å². The number of pyridine rings is 1. The Bertz CT molecular complexity index is 515. The van der Waals surface area contributed by atoms with E-state index in [-0.39, 0.29) is 0 Å². The van der Waals surface area contributed by atoms with Crippen LogP contribution in [-0.4, -0.2) is 24.7 Å². The number of hydrogen-bond acceptors (Lipinski definition) is 3. The zero-order valence-electron chi connectivity index (χ0n) is 10.4. The molecular formula is C15H18N2O. The number of hydrogen-bond donors (Lipinski definition) is 1. The fraction of sp³-hybridized carbons (Fsp3) is 0.400. The minimum Gasteiger partial charge on any atom is -0.493 e. The van der Waals surface area contributed by atoms with Gasteiger partial charge in [0.2, 0.25) is 0 Å². The maximum absolute atomic E-state index is 5.99. The number of fused-ring (bicyclic) bond motifs is 1. The molecule has 0 aliphatic carbocycles. The fourth-order valence-electron chi connectivity index (χ4n) is 2.46. The molecule has 18 heavy (non-hydrogen) atoms. The van der Waals surface area contributed by atoms with Crippen LogP contribution in [0, 0.1) is 5.92 Å². The highest BCUT2D eigenvalue weighted by Gasteiger charge is 2.14. The number of benzene rings is 1. The number of ether oxygens (including phenoxy) is 1. The lowest BCUT2D eigenvalue weighted by Crippen LogP contribution is -2.30. The van der Waals surface area contributed by atoms with Gasteiger partial charge in [0, 0.05) is 11.6 Å². The zero-order chi connectivity index (χ0) is 12.2. The fourth-order valence-corrected chi connectivity index (χ4v) is 2.46.